The van der Waals surface area contributed by atoms with Crippen LogP contribution in [0, 0.1) is 0 Å². The van der Waals surface area contributed by atoms with Gasteiger partial charge in [-0.25, -0.2) is 14.8 Å². The molecule has 0 fully saturated rings. The van der Waals surface area contributed by atoms with Gasteiger partial charge in [-0.1, -0.05) is 0 Å². The third-order valence-corrected chi connectivity index (χ3v) is 2.76. The molecule has 2 rings (SSSR count). The van der Waals surface area contributed by atoms with Gasteiger partial charge in [-0.3, -0.25) is 4.40 Å². The molecule has 0 radical (unpaired) electrons. The Morgan fingerprint density at radius 2 is 2.22 bits per heavy atom. The molecule has 4 N–H and O–H groups in total. The molecule has 96 valence electrons. The summed E-state index contributed by atoms with van der Waals surface area (Å²) in [7, 11) is 0. The third-order valence-electron chi connectivity index (χ3n) is 2.35. The van der Waals surface area contributed by atoms with Crippen LogP contribution in [-0.4, -0.2) is 33.5 Å². The standard InChI is InChI=1S/C10H13BrN6O/c11-8-6-17-7(4-16-9(17)5-15-8)3-13-1-2-14-10(12)18/h4-6,13H,1-3H2,(H3,12,14,18). The normalized spacial score (nSPS) is 10.7. The van der Waals surface area contributed by atoms with Crippen molar-refractivity contribution in [2.45, 2.75) is 6.54 Å². The first-order chi connectivity index (χ1) is 8.66. The Morgan fingerprint density at radius 3 is 3.00 bits per heavy atom. The lowest BCUT2D eigenvalue weighted by Crippen LogP contribution is -2.35. The number of nitrogens with one attached hydrogen (secondary N) is 2. The topological polar surface area (TPSA) is 97.3 Å². The predicted octanol–water partition coefficient (Wildman–Crippen LogP) is 0.250. The van der Waals surface area contributed by atoms with Crippen LogP contribution in [0.4, 0.5) is 4.79 Å². The molecule has 0 saturated carbocycles. The maximum absolute atomic E-state index is 10.5. The van der Waals surface area contributed by atoms with Crippen LogP contribution in [0.5, 0.6) is 0 Å². The van der Waals surface area contributed by atoms with Crippen molar-refractivity contribution in [3.8, 4) is 0 Å². The Bertz CT molecular complexity index is 554. The first kappa shape index (κ1) is 12.8. The zero-order valence-electron chi connectivity index (χ0n) is 9.56. The van der Waals surface area contributed by atoms with Crippen LogP contribution >= 0.6 is 15.9 Å². The highest BCUT2D eigenvalue weighted by molar-refractivity contribution is 9.10. The molecule has 0 aliphatic carbocycles. The Labute approximate surface area is 112 Å². The van der Waals surface area contributed by atoms with Gasteiger partial charge in [0.15, 0.2) is 5.65 Å². The number of aromatic nitrogens is 3. The van der Waals surface area contributed by atoms with Gasteiger partial charge in [-0.05, 0) is 15.9 Å². The summed E-state index contributed by atoms with van der Waals surface area (Å²) in [6, 6.07) is -0.512. The van der Waals surface area contributed by atoms with E-state index in [1.165, 1.54) is 0 Å². The molecule has 7 nitrogen and oxygen atoms in total. The Kier molecular flexibility index (Phi) is 4.11. The van der Waals surface area contributed by atoms with E-state index >= 15 is 0 Å². The van der Waals surface area contributed by atoms with Crippen molar-refractivity contribution in [1.82, 2.24) is 25.0 Å². The van der Waals surface area contributed by atoms with E-state index < -0.39 is 6.03 Å². The largest absolute Gasteiger partial charge is 0.352 e. The molecule has 0 atom stereocenters. The summed E-state index contributed by atoms with van der Waals surface area (Å²) in [4.78, 5) is 18.8. The molecule has 2 aromatic heterocycles. The Hall–Kier alpha value is -1.67. The van der Waals surface area contributed by atoms with Crippen molar-refractivity contribution in [2.75, 3.05) is 13.1 Å². The first-order valence-corrected chi connectivity index (χ1v) is 6.17. The molecular weight excluding hydrogens is 300 g/mol. The summed E-state index contributed by atoms with van der Waals surface area (Å²) in [5, 5.41) is 5.70. The van der Waals surface area contributed by atoms with Crippen LogP contribution < -0.4 is 16.4 Å². The monoisotopic (exact) mass is 312 g/mol. The van der Waals surface area contributed by atoms with Crippen molar-refractivity contribution < 1.29 is 4.79 Å². The molecule has 0 aliphatic rings. The number of carbonyl (C=O) groups is 1. The molecule has 0 bridgehead atoms. The fourth-order valence-corrected chi connectivity index (χ4v) is 1.84. The Balaban J connectivity index is 1.91. The predicted molar refractivity (Wildman–Crippen MR) is 70.0 cm³/mol. The maximum Gasteiger partial charge on any atom is 0.312 e. The van der Waals surface area contributed by atoms with Gasteiger partial charge in [0.05, 0.1) is 18.1 Å². The summed E-state index contributed by atoms with van der Waals surface area (Å²) < 4.78 is 2.70. The number of primary amides is 1. The van der Waals surface area contributed by atoms with Crippen LogP contribution in [0.1, 0.15) is 5.69 Å². The second kappa shape index (κ2) is 5.78. The van der Waals surface area contributed by atoms with Gasteiger partial charge in [0.25, 0.3) is 0 Å². The van der Waals surface area contributed by atoms with Crippen molar-refractivity contribution in [2.24, 2.45) is 5.73 Å². The van der Waals surface area contributed by atoms with Crippen molar-refractivity contribution in [3.05, 3.63) is 28.9 Å². The molecule has 2 aromatic rings. The van der Waals surface area contributed by atoms with Gasteiger partial charge in [-0.2, -0.15) is 0 Å². The molecule has 2 amide bonds. The fraction of sp³-hybridized carbons (Fsp3) is 0.300. The van der Waals surface area contributed by atoms with Crippen molar-refractivity contribution in [3.63, 3.8) is 0 Å². The number of nitrogens with two attached hydrogens (primary N) is 1. The maximum atomic E-state index is 10.5. The van der Waals surface area contributed by atoms with Gasteiger partial charge >= 0.3 is 6.03 Å². The van der Waals surface area contributed by atoms with Gasteiger partial charge in [0, 0.05) is 25.8 Å². The average molecular weight is 313 g/mol. The van der Waals surface area contributed by atoms with E-state index in [1.807, 2.05) is 10.6 Å². The number of fused-ring (bicyclic) bond motifs is 1. The quantitative estimate of drug-likeness (QED) is 0.689. The molecule has 18 heavy (non-hydrogen) atoms. The summed E-state index contributed by atoms with van der Waals surface area (Å²) in [6.07, 6.45) is 5.35. The number of nitrogens with zero attached hydrogens (tertiary/aromatic N) is 3. The molecular formula is C10H13BrN6O. The number of hydrogen-bond donors (Lipinski definition) is 3. The molecule has 2 heterocycles. The van der Waals surface area contributed by atoms with Gasteiger partial charge in [0.2, 0.25) is 0 Å². The van der Waals surface area contributed by atoms with Crippen molar-refractivity contribution in [1.29, 1.82) is 0 Å². The van der Waals surface area contributed by atoms with E-state index in [0.29, 0.717) is 19.6 Å². The van der Waals surface area contributed by atoms with Crippen LogP contribution in [0.2, 0.25) is 0 Å². The number of imidazole rings is 1. The number of hydrogen-bond acceptors (Lipinski definition) is 4. The molecule has 8 heteroatoms. The third kappa shape index (κ3) is 3.17. The number of amides is 2. The number of halogens is 1. The van der Waals surface area contributed by atoms with Crippen molar-refractivity contribution >= 4 is 27.6 Å². The van der Waals surface area contributed by atoms with Gasteiger partial charge < -0.3 is 16.4 Å². The van der Waals surface area contributed by atoms with E-state index in [2.05, 4.69) is 36.5 Å². The molecule has 0 aromatic carbocycles. The van der Waals surface area contributed by atoms with Crippen LogP contribution in [0.15, 0.2) is 23.2 Å². The zero-order valence-corrected chi connectivity index (χ0v) is 11.1. The molecule has 0 spiro atoms. The van der Waals surface area contributed by atoms with Crippen LogP contribution in [0.3, 0.4) is 0 Å². The van der Waals surface area contributed by atoms with E-state index in [-0.39, 0.29) is 0 Å². The lowest BCUT2D eigenvalue weighted by Gasteiger charge is -2.05. The highest BCUT2D eigenvalue weighted by Crippen LogP contribution is 2.10. The second-order valence-electron chi connectivity index (χ2n) is 3.66. The van der Waals surface area contributed by atoms with Crippen LogP contribution in [-0.2, 0) is 6.54 Å². The van der Waals surface area contributed by atoms with Crippen LogP contribution in [0.25, 0.3) is 5.65 Å². The number of carbonyl (C=O) groups excluding carboxylic acids is 1. The highest BCUT2D eigenvalue weighted by atomic mass is 79.9. The van der Waals surface area contributed by atoms with E-state index in [1.54, 1.807) is 12.4 Å². The van der Waals surface area contributed by atoms with Gasteiger partial charge in [0.1, 0.15) is 4.60 Å². The molecule has 0 aliphatic heterocycles. The summed E-state index contributed by atoms with van der Waals surface area (Å²) in [5.74, 6) is 0. The zero-order chi connectivity index (χ0) is 13.0. The fourth-order valence-electron chi connectivity index (χ4n) is 1.54. The SMILES string of the molecule is NC(=O)NCCNCc1cnc2cnc(Br)cn12. The smallest absolute Gasteiger partial charge is 0.312 e. The molecule has 0 saturated heterocycles. The van der Waals surface area contributed by atoms with E-state index in [4.69, 9.17) is 5.73 Å². The van der Waals surface area contributed by atoms with Gasteiger partial charge in [-0.15, -0.1) is 0 Å². The minimum atomic E-state index is -0.512. The molecule has 0 unspecified atom stereocenters. The number of rotatable bonds is 5. The summed E-state index contributed by atoms with van der Waals surface area (Å²) in [5.41, 5.74) is 6.77. The first-order valence-electron chi connectivity index (χ1n) is 5.38. The second-order valence-corrected chi connectivity index (χ2v) is 4.47. The summed E-state index contributed by atoms with van der Waals surface area (Å²) in [6.45, 7) is 1.79. The minimum Gasteiger partial charge on any atom is -0.352 e. The lowest BCUT2D eigenvalue weighted by atomic mass is 10.4. The minimum absolute atomic E-state index is 0.497. The average Bonchev–Trinajstić information content (AvgIpc) is 2.71. The number of urea groups is 1. The van der Waals surface area contributed by atoms with E-state index in [0.717, 1.165) is 15.9 Å². The lowest BCUT2D eigenvalue weighted by molar-refractivity contribution is 0.249. The summed E-state index contributed by atoms with van der Waals surface area (Å²) >= 11 is 3.32. The highest BCUT2D eigenvalue weighted by Gasteiger charge is 2.03. The van der Waals surface area contributed by atoms with E-state index in [9.17, 15) is 4.79 Å². The Morgan fingerprint density at radius 1 is 1.39 bits per heavy atom.